The Labute approximate surface area is 88.0 Å². The molecule has 72 valence electrons. The van der Waals surface area contributed by atoms with E-state index in [1.807, 2.05) is 17.5 Å². The predicted molar refractivity (Wildman–Crippen MR) is 60.4 cm³/mol. The van der Waals surface area contributed by atoms with Gasteiger partial charge in [0.05, 0.1) is 0 Å². The highest BCUT2D eigenvalue weighted by molar-refractivity contribution is 7.99. The van der Waals surface area contributed by atoms with Crippen molar-refractivity contribution in [3.05, 3.63) is 16.1 Å². The van der Waals surface area contributed by atoms with Gasteiger partial charge in [-0.3, -0.25) is 0 Å². The van der Waals surface area contributed by atoms with Crippen LogP contribution in [-0.2, 0) is 5.75 Å². The lowest BCUT2D eigenvalue weighted by Crippen LogP contribution is -1.94. The standard InChI is InChI=1S/C10H15NS2/c1-8-6-11-10(13-8)7-12-9-4-2-3-5-9/h6,9H,2-5,7H2,1H3. The second-order valence-electron chi connectivity index (χ2n) is 3.58. The van der Waals surface area contributed by atoms with Gasteiger partial charge in [-0.05, 0) is 19.8 Å². The number of hydrogen-bond acceptors (Lipinski definition) is 3. The van der Waals surface area contributed by atoms with E-state index in [9.17, 15) is 0 Å². The van der Waals surface area contributed by atoms with Crippen LogP contribution in [0, 0.1) is 6.92 Å². The zero-order valence-corrected chi connectivity index (χ0v) is 9.59. The molecule has 0 spiro atoms. The molecule has 1 heterocycles. The van der Waals surface area contributed by atoms with Crippen molar-refractivity contribution in [3.63, 3.8) is 0 Å². The molecule has 1 nitrogen and oxygen atoms in total. The maximum absolute atomic E-state index is 4.37. The van der Waals surface area contributed by atoms with Crippen LogP contribution in [0.5, 0.6) is 0 Å². The Hall–Kier alpha value is -0.0200. The summed E-state index contributed by atoms with van der Waals surface area (Å²) in [4.78, 5) is 5.71. The number of nitrogens with zero attached hydrogens (tertiary/aromatic N) is 1. The van der Waals surface area contributed by atoms with Gasteiger partial charge in [-0.1, -0.05) is 12.8 Å². The highest BCUT2D eigenvalue weighted by atomic mass is 32.2. The van der Waals surface area contributed by atoms with Crippen molar-refractivity contribution >= 4 is 23.1 Å². The molecule has 1 aliphatic carbocycles. The van der Waals surface area contributed by atoms with Gasteiger partial charge >= 0.3 is 0 Å². The maximum atomic E-state index is 4.37. The van der Waals surface area contributed by atoms with Gasteiger partial charge in [0, 0.05) is 22.1 Å². The summed E-state index contributed by atoms with van der Waals surface area (Å²) in [6.07, 6.45) is 7.71. The fraction of sp³-hybridized carbons (Fsp3) is 0.700. The average Bonchev–Trinajstić information content (AvgIpc) is 2.71. The van der Waals surface area contributed by atoms with Crippen molar-refractivity contribution in [2.45, 2.75) is 43.6 Å². The molecule has 1 fully saturated rings. The Morgan fingerprint density at radius 2 is 2.31 bits per heavy atom. The third-order valence-corrected chi connectivity index (χ3v) is 4.89. The van der Waals surface area contributed by atoms with Gasteiger partial charge in [-0.25, -0.2) is 4.98 Å². The van der Waals surface area contributed by atoms with E-state index in [-0.39, 0.29) is 0 Å². The molecule has 0 atom stereocenters. The van der Waals surface area contributed by atoms with Gasteiger partial charge < -0.3 is 0 Å². The molecule has 3 heteroatoms. The van der Waals surface area contributed by atoms with Crippen LogP contribution < -0.4 is 0 Å². The van der Waals surface area contributed by atoms with E-state index >= 15 is 0 Å². The van der Waals surface area contributed by atoms with E-state index < -0.39 is 0 Å². The zero-order chi connectivity index (χ0) is 9.10. The summed E-state index contributed by atoms with van der Waals surface area (Å²) in [5.41, 5.74) is 0. The molecule has 0 saturated heterocycles. The number of hydrogen-bond donors (Lipinski definition) is 0. The monoisotopic (exact) mass is 213 g/mol. The van der Waals surface area contributed by atoms with Crippen molar-refractivity contribution in [1.82, 2.24) is 4.98 Å². The van der Waals surface area contributed by atoms with Crippen molar-refractivity contribution in [3.8, 4) is 0 Å². The normalized spacial score (nSPS) is 18.2. The number of aromatic nitrogens is 1. The fourth-order valence-electron chi connectivity index (χ4n) is 1.71. The average molecular weight is 213 g/mol. The number of aryl methyl sites for hydroxylation is 1. The first-order chi connectivity index (χ1) is 6.34. The summed E-state index contributed by atoms with van der Waals surface area (Å²) in [6, 6.07) is 0. The fourth-order valence-corrected chi connectivity index (χ4v) is 3.85. The van der Waals surface area contributed by atoms with Crippen LogP contribution in [-0.4, -0.2) is 10.2 Å². The van der Waals surface area contributed by atoms with Crippen LogP contribution in [0.1, 0.15) is 35.6 Å². The molecule has 1 saturated carbocycles. The quantitative estimate of drug-likeness (QED) is 0.760. The third kappa shape index (κ3) is 2.71. The van der Waals surface area contributed by atoms with E-state index in [0.717, 1.165) is 11.0 Å². The van der Waals surface area contributed by atoms with Gasteiger partial charge in [0.2, 0.25) is 0 Å². The van der Waals surface area contributed by atoms with Crippen LogP contribution in [0.4, 0.5) is 0 Å². The van der Waals surface area contributed by atoms with Gasteiger partial charge in [-0.15, -0.1) is 11.3 Å². The molecule has 1 aliphatic rings. The predicted octanol–water partition coefficient (Wildman–Crippen LogP) is 3.63. The summed E-state index contributed by atoms with van der Waals surface area (Å²) >= 11 is 3.94. The van der Waals surface area contributed by atoms with E-state index in [1.165, 1.54) is 35.6 Å². The van der Waals surface area contributed by atoms with Gasteiger partial charge in [0.15, 0.2) is 0 Å². The Morgan fingerprint density at radius 3 is 2.92 bits per heavy atom. The molecule has 0 radical (unpaired) electrons. The van der Waals surface area contributed by atoms with Crippen molar-refractivity contribution in [2.75, 3.05) is 0 Å². The Bertz CT molecular complexity index is 264. The summed E-state index contributed by atoms with van der Waals surface area (Å²) < 4.78 is 0. The largest absolute Gasteiger partial charge is 0.249 e. The highest BCUT2D eigenvalue weighted by Gasteiger charge is 2.15. The molecule has 0 N–H and O–H groups in total. The minimum atomic E-state index is 0.921. The van der Waals surface area contributed by atoms with Crippen LogP contribution >= 0.6 is 23.1 Å². The summed E-state index contributed by atoms with van der Waals surface area (Å²) in [7, 11) is 0. The Kier molecular flexibility index (Phi) is 3.28. The lowest BCUT2D eigenvalue weighted by Gasteiger charge is -2.05. The number of thiazole rings is 1. The smallest absolute Gasteiger partial charge is 0.103 e. The molecular weight excluding hydrogens is 198 g/mol. The van der Waals surface area contributed by atoms with E-state index in [2.05, 4.69) is 23.7 Å². The summed E-state index contributed by atoms with van der Waals surface area (Å²) in [6.45, 7) is 2.13. The molecule has 0 aromatic carbocycles. The molecule has 1 aromatic heterocycles. The maximum Gasteiger partial charge on any atom is 0.103 e. The lowest BCUT2D eigenvalue weighted by atomic mass is 10.4. The van der Waals surface area contributed by atoms with E-state index in [1.54, 1.807) is 0 Å². The van der Waals surface area contributed by atoms with E-state index in [0.29, 0.717) is 0 Å². The Morgan fingerprint density at radius 1 is 1.54 bits per heavy atom. The first-order valence-electron chi connectivity index (χ1n) is 4.87. The molecule has 2 rings (SSSR count). The molecule has 0 bridgehead atoms. The lowest BCUT2D eigenvalue weighted by molar-refractivity contribution is 0.886. The number of thioether (sulfide) groups is 1. The van der Waals surface area contributed by atoms with Crippen LogP contribution in [0.3, 0.4) is 0 Å². The summed E-state index contributed by atoms with van der Waals surface area (Å²) in [5.74, 6) is 1.13. The minimum absolute atomic E-state index is 0.921. The Balaban J connectivity index is 1.78. The van der Waals surface area contributed by atoms with Crippen molar-refractivity contribution in [1.29, 1.82) is 0 Å². The second kappa shape index (κ2) is 4.47. The molecule has 0 unspecified atom stereocenters. The molecule has 1 aromatic rings. The zero-order valence-electron chi connectivity index (χ0n) is 7.95. The molecule has 0 amide bonds. The third-order valence-electron chi connectivity index (χ3n) is 2.41. The molecular formula is C10H15NS2. The van der Waals surface area contributed by atoms with Gasteiger partial charge in [0.25, 0.3) is 0 Å². The SMILES string of the molecule is Cc1cnc(CSC2CCCC2)s1. The molecule has 13 heavy (non-hydrogen) atoms. The topological polar surface area (TPSA) is 12.9 Å². The number of rotatable bonds is 3. The van der Waals surface area contributed by atoms with Crippen LogP contribution in [0.15, 0.2) is 6.20 Å². The van der Waals surface area contributed by atoms with Crippen LogP contribution in [0.2, 0.25) is 0 Å². The first-order valence-corrected chi connectivity index (χ1v) is 6.74. The highest BCUT2D eigenvalue weighted by Crippen LogP contribution is 2.32. The van der Waals surface area contributed by atoms with Crippen molar-refractivity contribution in [2.24, 2.45) is 0 Å². The second-order valence-corrected chi connectivity index (χ2v) is 6.19. The minimum Gasteiger partial charge on any atom is -0.249 e. The summed E-state index contributed by atoms with van der Waals surface area (Å²) in [5, 5.41) is 2.22. The van der Waals surface area contributed by atoms with Gasteiger partial charge in [0.1, 0.15) is 5.01 Å². The van der Waals surface area contributed by atoms with Crippen LogP contribution in [0.25, 0.3) is 0 Å². The van der Waals surface area contributed by atoms with E-state index in [4.69, 9.17) is 0 Å². The first kappa shape index (κ1) is 9.53. The molecule has 0 aliphatic heterocycles. The van der Waals surface area contributed by atoms with Gasteiger partial charge in [-0.2, -0.15) is 11.8 Å². The van der Waals surface area contributed by atoms with Crippen molar-refractivity contribution < 1.29 is 0 Å².